The third-order valence-electron chi connectivity index (χ3n) is 2.33. The van der Waals surface area contributed by atoms with E-state index in [4.69, 9.17) is 4.52 Å². The zero-order valence-electron chi connectivity index (χ0n) is 10.8. The van der Waals surface area contributed by atoms with E-state index in [0.717, 1.165) is 0 Å². The lowest BCUT2D eigenvalue weighted by atomic mass is 10.4. The maximum absolute atomic E-state index is 12.7. The van der Waals surface area contributed by atoms with Crippen LogP contribution in [-0.2, 0) is 18.6 Å². The van der Waals surface area contributed by atoms with Crippen LogP contribution in [0.5, 0.6) is 0 Å². The van der Waals surface area contributed by atoms with E-state index in [9.17, 15) is 9.36 Å². The van der Waals surface area contributed by atoms with E-state index in [1.165, 1.54) is 7.11 Å². The first kappa shape index (κ1) is 14.9. The number of ether oxygens (including phenoxy) is 1. The zero-order chi connectivity index (χ0) is 13.6. The summed E-state index contributed by atoms with van der Waals surface area (Å²) in [6, 6.07) is 8.06. The molecule has 1 unspecified atom stereocenters. The van der Waals surface area contributed by atoms with Crippen LogP contribution in [0.15, 0.2) is 30.3 Å². The van der Waals surface area contributed by atoms with Crippen molar-refractivity contribution in [1.29, 1.82) is 0 Å². The molecule has 0 aromatic heterocycles. The van der Waals surface area contributed by atoms with Gasteiger partial charge in [-0.3, -0.25) is 9.36 Å². The summed E-state index contributed by atoms with van der Waals surface area (Å²) < 4.78 is 22.6. The first-order chi connectivity index (χ1) is 8.53. The van der Waals surface area contributed by atoms with Crippen LogP contribution < -0.4 is 10.4 Å². The van der Waals surface area contributed by atoms with E-state index < -0.39 is 19.5 Å². The second-order valence-electron chi connectivity index (χ2n) is 3.68. The molecule has 100 valence electrons. The maximum Gasteiger partial charge on any atom is 0.323 e. The molecule has 1 aromatic rings. The van der Waals surface area contributed by atoms with Crippen molar-refractivity contribution in [3.05, 3.63) is 30.3 Å². The molecule has 1 rings (SSSR count). The molecule has 0 fully saturated rings. The van der Waals surface area contributed by atoms with Crippen LogP contribution in [0, 0.1) is 0 Å². The molecule has 0 spiro atoms. The number of carbonyl (C=O) groups excluding carboxylic acids is 1. The molecule has 6 heteroatoms. The second-order valence-corrected chi connectivity index (χ2v) is 5.81. The normalized spacial score (nSPS) is 15.7. The highest BCUT2D eigenvalue weighted by Gasteiger charge is 2.30. The molecule has 0 aliphatic heterocycles. The summed E-state index contributed by atoms with van der Waals surface area (Å²) in [5.41, 5.74) is 0. The van der Waals surface area contributed by atoms with Crippen LogP contribution in [0.4, 0.5) is 0 Å². The SMILES string of the molecule is CCOP(=O)(N[C@H](C)C(=O)OC)c1ccccc1. The van der Waals surface area contributed by atoms with Crippen LogP contribution in [-0.4, -0.2) is 25.7 Å². The summed E-state index contributed by atoms with van der Waals surface area (Å²) >= 11 is 0. The van der Waals surface area contributed by atoms with Gasteiger partial charge in [0.15, 0.2) is 0 Å². The smallest absolute Gasteiger partial charge is 0.323 e. The molecule has 0 aliphatic rings. The summed E-state index contributed by atoms with van der Waals surface area (Å²) in [7, 11) is -1.96. The highest BCUT2D eigenvalue weighted by atomic mass is 31.2. The number of benzene rings is 1. The number of hydrogen-bond donors (Lipinski definition) is 1. The lowest BCUT2D eigenvalue weighted by Crippen LogP contribution is -2.36. The highest BCUT2D eigenvalue weighted by Crippen LogP contribution is 2.41. The standard InChI is InChI=1S/C12H18NO4P/c1-4-17-18(15,11-8-6-5-7-9-11)13-10(2)12(14)16-3/h5-10H,4H2,1-3H3,(H,13,15)/t10-,18?/m1/s1. The van der Waals surface area contributed by atoms with Gasteiger partial charge in [0.2, 0.25) is 0 Å². The Labute approximate surface area is 107 Å². The summed E-state index contributed by atoms with van der Waals surface area (Å²) in [4.78, 5) is 11.4. The molecule has 0 radical (unpaired) electrons. The van der Waals surface area contributed by atoms with Crippen molar-refractivity contribution in [3.8, 4) is 0 Å². The Morgan fingerprint density at radius 1 is 1.39 bits per heavy atom. The lowest BCUT2D eigenvalue weighted by Gasteiger charge is -2.22. The van der Waals surface area contributed by atoms with Crippen LogP contribution in [0.3, 0.4) is 0 Å². The number of carbonyl (C=O) groups is 1. The van der Waals surface area contributed by atoms with Crippen molar-refractivity contribution in [1.82, 2.24) is 5.09 Å². The van der Waals surface area contributed by atoms with E-state index in [1.54, 1.807) is 38.1 Å². The summed E-state index contributed by atoms with van der Waals surface area (Å²) in [5, 5.41) is 3.25. The molecule has 0 heterocycles. The molecule has 1 N–H and O–H groups in total. The summed E-state index contributed by atoms with van der Waals surface area (Å²) in [5.74, 6) is -0.481. The molecule has 5 nitrogen and oxygen atoms in total. The van der Waals surface area contributed by atoms with Gasteiger partial charge in [0.25, 0.3) is 7.52 Å². The van der Waals surface area contributed by atoms with Crippen molar-refractivity contribution in [2.45, 2.75) is 19.9 Å². The molecular weight excluding hydrogens is 253 g/mol. The van der Waals surface area contributed by atoms with E-state index in [2.05, 4.69) is 9.82 Å². The quantitative estimate of drug-likeness (QED) is 0.630. The van der Waals surface area contributed by atoms with E-state index in [0.29, 0.717) is 5.30 Å². The largest absolute Gasteiger partial charge is 0.468 e. The fourth-order valence-electron chi connectivity index (χ4n) is 1.48. The van der Waals surface area contributed by atoms with Gasteiger partial charge in [-0.25, -0.2) is 5.09 Å². The van der Waals surface area contributed by atoms with Crippen molar-refractivity contribution in [2.24, 2.45) is 0 Å². The predicted molar refractivity (Wildman–Crippen MR) is 69.9 cm³/mol. The Bertz CT molecular complexity index is 435. The van der Waals surface area contributed by atoms with Gasteiger partial charge < -0.3 is 9.26 Å². The molecular formula is C12H18NO4P. The number of hydrogen-bond acceptors (Lipinski definition) is 4. The third kappa shape index (κ3) is 3.67. The van der Waals surface area contributed by atoms with Crippen molar-refractivity contribution >= 4 is 18.8 Å². The van der Waals surface area contributed by atoms with Gasteiger partial charge >= 0.3 is 5.97 Å². The minimum absolute atomic E-state index is 0.285. The molecule has 0 bridgehead atoms. The number of nitrogens with one attached hydrogen (secondary N) is 1. The van der Waals surface area contributed by atoms with E-state index in [1.807, 2.05) is 6.07 Å². The lowest BCUT2D eigenvalue weighted by molar-refractivity contribution is -0.142. The molecule has 0 saturated carbocycles. The van der Waals surface area contributed by atoms with Crippen molar-refractivity contribution in [2.75, 3.05) is 13.7 Å². The Hall–Kier alpha value is -1.16. The molecule has 2 atom stereocenters. The van der Waals surface area contributed by atoms with E-state index >= 15 is 0 Å². The minimum Gasteiger partial charge on any atom is -0.468 e. The Balaban J connectivity index is 2.95. The third-order valence-corrected chi connectivity index (χ3v) is 4.65. The molecule has 18 heavy (non-hydrogen) atoms. The van der Waals surface area contributed by atoms with Gasteiger partial charge in [0.05, 0.1) is 19.0 Å². The van der Waals surface area contributed by atoms with Gasteiger partial charge in [-0.15, -0.1) is 0 Å². The van der Waals surface area contributed by atoms with Crippen LogP contribution in [0.25, 0.3) is 0 Å². The van der Waals surface area contributed by atoms with Crippen molar-refractivity contribution in [3.63, 3.8) is 0 Å². The zero-order valence-corrected chi connectivity index (χ0v) is 11.6. The minimum atomic E-state index is -3.25. The van der Waals surface area contributed by atoms with Gasteiger partial charge in [-0.1, -0.05) is 18.2 Å². The molecule has 0 amide bonds. The Morgan fingerprint density at radius 3 is 2.50 bits per heavy atom. The summed E-state index contributed by atoms with van der Waals surface area (Å²) in [6.45, 7) is 3.62. The molecule has 0 saturated heterocycles. The van der Waals surface area contributed by atoms with Gasteiger partial charge in [0, 0.05) is 0 Å². The van der Waals surface area contributed by atoms with E-state index in [-0.39, 0.29) is 6.61 Å². The van der Waals surface area contributed by atoms with Crippen LogP contribution in [0.2, 0.25) is 0 Å². The maximum atomic E-state index is 12.7. The topological polar surface area (TPSA) is 64.6 Å². The van der Waals surface area contributed by atoms with Gasteiger partial charge in [-0.2, -0.15) is 0 Å². The Kier molecular flexibility index (Phi) is 5.54. The second kappa shape index (κ2) is 6.69. The van der Waals surface area contributed by atoms with Crippen LogP contribution in [0.1, 0.15) is 13.8 Å². The molecule has 1 aromatic carbocycles. The average Bonchev–Trinajstić information content (AvgIpc) is 2.39. The van der Waals surface area contributed by atoms with Gasteiger partial charge in [-0.05, 0) is 26.0 Å². The number of rotatable bonds is 6. The Morgan fingerprint density at radius 2 is 2.00 bits per heavy atom. The highest BCUT2D eigenvalue weighted by molar-refractivity contribution is 7.65. The van der Waals surface area contributed by atoms with Crippen molar-refractivity contribution < 1.29 is 18.6 Å². The monoisotopic (exact) mass is 271 g/mol. The number of methoxy groups -OCH3 is 1. The van der Waals surface area contributed by atoms with Crippen LogP contribution >= 0.6 is 7.52 Å². The number of esters is 1. The predicted octanol–water partition coefficient (Wildman–Crippen LogP) is 1.69. The first-order valence-corrected chi connectivity index (χ1v) is 7.31. The fraction of sp³-hybridized carbons (Fsp3) is 0.417. The molecule has 0 aliphatic carbocycles. The summed E-state index contributed by atoms with van der Waals surface area (Å²) in [6.07, 6.45) is 0. The fourth-order valence-corrected chi connectivity index (χ4v) is 3.39. The average molecular weight is 271 g/mol. The van der Waals surface area contributed by atoms with Gasteiger partial charge in [0.1, 0.15) is 6.04 Å². The first-order valence-electron chi connectivity index (χ1n) is 5.69.